The lowest BCUT2D eigenvalue weighted by Gasteiger charge is -2.32. The topological polar surface area (TPSA) is 90.0 Å². The number of carbonyl (C=O) groups is 2. The van der Waals surface area contributed by atoms with Gasteiger partial charge in [-0.25, -0.2) is 4.79 Å². The molecule has 0 saturated carbocycles. The van der Waals surface area contributed by atoms with Crippen molar-refractivity contribution in [3.05, 3.63) is 53.9 Å². The number of hydrogen-bond donors (Lipinski definition) is 1. The quantitative estimate of drug-likeness (QED) is 0.309. The van der Waals surface area contributed by atoms with Crippen molar-refractivity contribution >= 4 is 11.9 Å². The van der Waals surface area contributed by atoms with Gasteiger partial charge in [-0.15, -0.1) is 0 Å². The third-order valence-electron chi connectivity index (χ3n) is 6.90. The highest BCUT2D eigenvalue weighted by molar-refractivity contribution is 5.89. The van der Waals surface area contributed by atoms with E-state index in [-0.39, 0.29) is 5.91 Å². The second kappa shape index (κ2) is 14.0. The molecule has 1 fully saturated rings. The van der Waals surface area contributed by atoms with Gasteiger partial charge in [0.15, 0.2) is 11.5 Å². The zero-order chi connectivity index (χ0) is 25.9. The van der Waals surface area contributed by atoms with Gasteiger partial charge in [-0.05, 0) is 62.2 Å². The van der Waals surface area contributed by atoms with Gasteiger partial charge in [0.05, 0.1) is 11.6 Å². The number of nitrogens with one attached hydrogen (secondary N) is 1. The fourth-order valence-electron chi connectivity index (χ4n) is 4.91. The molecule has 4 rings (SSSR count). The fourth-order valence-corrected chi connectivity index (χ4v) is 4.91. The van der Waals surface area contributed by atoms with Crippen LogP contribution in [-0.4, -0.2) is 60.7 Å². The van der Waals surface area contributed by atoms with Crippen LogP contribution in [0.3, 0.4) is 0 Å². The van der Waals surface area contributed by atoms with Crippen molar-refractivity contribution in [2.75, 3.05) is 32.8 Å². The van der Waals surface area contributed by atoms with Crippen LogP contribution in [-0.2, 0) is 9.53 Å². The molecule has 2 aliphatic rings. The number of nitrogens with zero attached hydrogens (tertiary/aromatic N) is 2. The van der Waals surface area contributed by atoms with E-state index in [0.29, 0.717) is 43.2 Å². The maximum atomic E-state index is 13.2. The average molecular weight is 510 g/mol. The van der Waals surface area contributed by atoms with Crippen LogP contribution in [0.1, 0.15) is 80.3 Å². The van der Waals surface area contributed by atoms with Crippen LogP contribution < -0.4 is 14.8 Å². The Morgan fingerprint density at radius 1 is 1.05 bits per heavy atom. The second-order valence-corrected chi connectivity index (χ2v) is 9.82. The Hall–Kier alpha value is -3.13. The highest BCUT2D eigenvalue weighted by atomic mass is 16.6. The van der Waals surface area contributed by atoms with Gasteiger partial charge in [0, 0.05) is 25.4 Å². The van der Waals surface area contributed by atoms with Crippen molar-refractivity contribution in [1.82, 2.24) is 15.2 Å². The van der Waals surface area contributed by atoms with E-state index in [0.717, 1.165) is 50.8 Å². The molecule has 8 nitrogen and oxygen atoms in total. The van der Waals surface area contributed by atoms with Gasteiger partial charge in [-0.1, -0.05) is 38.7 Å². The van der Waals surface area contributed by atoms with Gasteiger partial charge in [-0.2, -0.15) is 0 Å². The van der Waals surface area contributed by atoms with Crippen LogP contribution in [0.4, 0.5) is 0 Å². The molecule has 1 aromatic carbocycles. The van der Waals surface area contributed by atoms with E-state index in [1.165, 1.54) is 19.0 Å². The average Bonchev–Trinajstić information content (AvgIpc) is 3.44. The lowest BCUT2D eigenvalue weighted by molar-refractivity contribution is -0.123. The van der Waals surface area contributed by atoms with Crippen LogP contribution in [0, 0.1) is 0 Å². The van der Waals surface area contributed by atoms with Gasteiger partial charge in [0.2, 0.25) is 5.91 Å². The van der Waals surface area contributed by atoms with Crippen molar-refractivity contribution in [3.8, 4) is 11.5 Å². The van der Waals surface area contributed by atoms with E-state index in [1.807, 2.05) is 18.2 Å². The Morgan fingerprint density at radius 3 is 2.59 bits per heavy atom. The van der Waals surface area contributed by atoms with Gasteiger partial charge in [0.1, 0.15) is 19.3 Å². The number of esters is 1. The molecule has 0 radical (unpaired) electrons. The highest BCUT2D eigenvalue weighted by Gasteiger charge is 2.32. The molecule has 0 unspecified atom stereocenters. The van der Waals surface area contributed by atoms with Crippen LogP contribution in [0.15, 0.2) is 42.7 Å². The third kappa shape index (κ3) is 7.92. The molecule has 200 valence electrons. The molecule has 2 aromatic rings. The van der Waals surface area contributed by atoms with Crippen LogP contribution >= 0.6 is 0 Å². The van der Waals surface area contributed by atoms with E-state index in [9.17, 15) is 9.59 Å². The fraction of sp³-hybridized carbons (Fsp3) is 0.552. The first-order valence-electron chi connectivity index (χ1n) is 13.7. The normalized spacial score (nSPS) is 16.7. The number of amides is 1. The maximum Gasteiger partial charge on any atom is 0.340 e. The lowest BCUT2D eigenvalue weighted by atomic mass is 9.99. The summed E-state index contributed by atoms with van der Waals surface area (Å²) in [5.41, 5.74) is 1.13. The predicted molar refractivity (Wildman–Crippen MR) is 141 cm³/mol. The lowest BCUT2D eigenvalue weighted by Crippen LogP contribution is -2.47. The number of benzene rings is 1. The van der Waals surface area contributed by atoms with Crippen molar-refractivity contribution in [2.24, 2.45) is 0 Å². The largest absolute Gasteiger partial charge is 0.486 e. The molecular weight excluding hydrogens is 470 g/mol. The molecule has 2 aliphatic heterocycles. The summed E-state index contributed by atoms with van der Waals surface area (Å²) in [7, 11) is 0. The first-order chi connectivity index (χ1) is 18.1. The molecule has 1 aromatic heterocycles. The summed E-state index contributed by atoms with van der Waals surface area (Å²) < 4.78 is 17.6. The predicted octanol–water partition coefficient (Wildman–Crippen LogP) is 4.69. The van der Waals surface area contributed by atoms with E-state index in [2.05, 4.69) is 22.1 Å². The summed E-state index contributed by atoms with van der Waals surface area (Å²) in [5.74, 6) is 0.793. The summed E-state index contributed by atoms with van der Waals surface area (Å²) in [6, 6.07) is 8.58. The molecule has 1 saturated heterocycles. The Balaban J connectivity index is 1.57. The van der Waals surface area contributed by atoms with Crippen molar-refractivity contribution in [2.45, 2.75) is 70.4 Å². The van der Waals surface area contributed by atoms with Gasteiger partial charge in [0.25, 0.3) is 0 Å². The summed E-state index contributed by atoms with van der Waals surface area (Å²) in [6.45, 7) is 5.67. The Labute approximate surface area is 219 Å². The van der Waals surface area contributed by atoms with Crippen LogP contribution in [0.25, 0.3) is 0 Å². The monoisotopic (exact) mass is 509 g/mol. The van der Waals surface area contributed by atoms with Crippen molar-refractivity contribution in [3.63, 3.8) is 0 Å². The molecule has 0 aliphatic carbocycles. The molecule has 8 heteroatoms. The zero-order valence-electron chi connectivity index (χ0n) is 21.8. The van der Waals surface area contributed by atoms with Crippen LogP contribution in [0.5, 0.6) is 11.5 Å². The number of aromatic nitrogens is 1. The molecule has 0 bridgehead atoms. The van der Waals surface area contributed by atoms with Crippen LogP contribution in [0.2, 0.25) is 0 Å². The molecular formula is C29H39N3O5. The Morgan fingerprint density at radius 2 is 1.84 bits per heavy atom. The molecule has 2 atom stereocenters. The molecule has 0 spiro atoms. The number of carbonyl (C=O) groups excluding carboxylic acids is 2. The number of unbranched alkanes of at least 4 members (excludes halogenated alkanes) is 4. The first-order valence-corrected chi connectivity index (χ1v) is 13.7. The zero-order valence-corrected chi connectivity index (χ0v) is 21.8. The molecule has 37 heavy (non-hydrogen) atoms. The van der Waals surface area contributed by atoms with Gasteiger partial charge >= 0.3 is 5.97 Å². The van der Waals surface area contributed by atoms with E-state index in [4.69, 9.17) is 14.2 Å². The standard InChI is InChI=1S/C29H39N3O5/c1-2-3-4-5-6-11-27(33)31-24(21-32-15-7-8-16-32)28(37-29(34)23-10-9-14-30-20-23)22-12-13-25-26(19-22)36-18-17-35-25/h9-10,12-14,19-20,24,28H,2-8,11,15-18,21H2,1H3,(H,31,33)/t24-,28-/m1/s1. The van der Waals surface area contributed by atoms with Crippen molar-refractivity contribution in [1.29, 1.82) is 0 Å². The van der Waals surface area contributed by atoms with Gasteiger partial charge in [-0.3, -0.25) is 9.78 Å². The summed E-state index contributed by atoms with van der Waals surface area (Å²) in [4.78, 5) is 32.6. The molecule has 1 amide bonds. The minimum Gasteiger partial charge on any atom is -0.486 e. The minimum absolute atomic E-state index is 0.0133. The smallest absolute Gasteiger partial charge is 0.340 e. The van der Waals surface area contributed by atoms with E-state index >= 15 is 0 Å². The number of hydrogen-bond acceptors (Lipinski definition) is 7. The molecule has 3 heterocycles. The third-order valence-corrected chi connectivity index (χ3v) is 6.90. The number of likely N-dealkylation sites (tertiary alicyclic amines) is 1. The first kappa shape index (κ1) is 26.9. The Bertz CT molecular complexity index is 1010. The number of pyridine rings is 1. The van der Waals surface area contributed by atoms with Crippen molar-refractivity contribution < 1.29 is 23.8 Å². The van der Waals surface area contributed by atoms with Gasteiger partial charge < -0.3 is 24.4 Å². The second-order valence-electron chi connectivity index (χ2n) is 9.82. The number of rotatable bonds is 13. The molecule has 1 N–H and O–H groups in total. The number of fused-ring (bicyclic) bond motifs is 1. The summed E-state index contributed by atoms with van der Waals surface area (Å²) in [5, 5.41) is 3.22. The summed E-state index contributed by atoms with van der Waals surface area (Å²) >= 11 is 0. The maximum absolute atomic E-state index is 13.2. The Kier molecular flexibility index (Phi) is 10.2. The summed E-state index contributed by atoms with van der Waals surface area (Å²) in [6.07, 6.45) is 10.5. The highest BCUT2D eigenvalue weighted by Crippen LogP contribution is 2.35. The van der Waals surface area contributed by atoms with E-state index < -0.39 is 18.1 Å². The van der Waals surface area contributed by atoms with E-state index in [1.54, 1.807) is 18.3 Å². The minimum atomic E-state index is -0.701. The number of ether oxygens (including phenoxy) is 3. The SMILES string of the molecule is CCCCCCCC(=O)N[C@H](CN1CCCC1)[C@H](OC(=O)c1cccnc1)c1ccc2c(c1)OCCO2.